The maximum absolute atomic E-state index is 12.2. The second kappa shape index (κ2) is 3.79. The van der Waals surface area contributed by atoms with Crippen LogP contribution in [0.3, 0.4) is 0 Å². The maximum atomic E-state index is 12.2. The zero-order valence-corrected chi connectivity index (χ0v) is 7.48. The highest BCUT2D eigenvalue weighted by atomic mass is 35.5. The number of carbonyl (C=O) groups excluding carboxylic acids is 1. The summed E-state index contributed by atoms with van der Waals surface area (Å²) in [5, 5.41) is -0.828. The van der Waals surface area contributed by atoms with E-state index in [1.807, 2.05) is 0 Å². The molecule has 70 valence electrons. The van der Waals surface area contributed by atoms with E-state index in [4.69, 9.17) is 11.6 Å². The Balaban J connectivity index is 3.19. The van der Waals surface area contributed by atoms with E-state index in [1.54, 1.807) is 6.92 Å². The van der Waals surface area contributed by atoms with Gasteiger partial charge in [0.1, 0.15) is 11.4 Å². The fourth-order valence-corrected chi connectivity index (χ4v) is 1.00. The van der Waals surface area contributed by atoms with Crippen molar-refractivity contribution in [2.45, 2.75) is 13.3 Å². The summed E-state index contributed by atoms with van der Waals surface area (Å²) in [6.07, 6.45) is -2.69. The van der Waals surface area contributed by atoms with Crippen molar-refractivity contribution in [3.8, 4) is 0 Å². The van der Waals surface area contributed by atoms with Crippen molar-refractivity contribution >= 4 is 16.8 Å². The molecule has 0 spiro atoms. The molecule has 0 radical (unpaired) electrons. The molecule has 1 heterocycles. The van der Waals surface area contributed by atoms with Crippen LogP contribution >= 0.6 is 11.6 Å². The number of carbonyl (C=O) groups is 1. The molecule has 13 heavy (non-hydrogen) atoms. The van der Waals surface area contributed by atoms with Crippen LogP contribution in [0.1, 0.15) is 28.2 Å². The van der Waals surface area contributed by atoms with Gasteiger partial charge < -0.3 is 0 Å². The molecule has 0 saturated heterocycles. The number of hydrogen-bond acceptors (Lipinski definition) is 2. The predicted molar refractivity (Wildman–Crippen MR) is 44.1 cm³/mol. The highest BCUT2D eigenvalue weighted by molar-refractivity contribution is 6.67. The van der Waals surface area contributed by atoms with Gasteiger partial charge in [0.25, 0.3) is 11.7 Å². The highest BCUT2D eigenvalue weighted by Gasteiger charge is 2.12. The molecule has 0 N–H and O–H groups in total. The van der Waals surface area contributed by atoms with E-state index in [-0.39, 0.29) is 5.69 Å². The van der Waals surface area contributed by atoms with Gasteiger partial charge in [0.05, 0.1) is 0 Å². The first kappa shape index (κ1) is 10.1. The lowest BCUT2D eigenvalue weighted by Crippen LogP contribution is -2.00. The molecule has 1 aromatic heterocycles. The van der Waals surface area contributed by atoms with Crippen LogP contribution in [0.2, 0.25) is 0 Å². The highest BCUT2D eigenvalue weighted by Crippen LogP contribution is 2.18. The summed E-state index contributed by atoms with van der Waals surface area (Å²) in [5.41, 5.74) is -0.0322. The summed E-state index contributed by atoms with van der Waals surface area (Å²) in [6, 6.07) is 2.58. The van der Waals surface area contributed by atoms with Crippen molar-refractivity contribution in [2.24, 2.45) is 0 Å². The van der Waals surface area contributed by atoms with Gasteiger partial charge in [0.2, 0.25) is 0 Å². The second-order valence-corrected chi connectivity index (χ2v) is 2.87. The minimum absolute atomic E-state index is 0.142. The number of hydrogen-bond donors (Lipinski definition) is 0. The van der Waals surface area contributed by atoms with Gasteiger partial charge in [-0.2, -0.15) is 0 Å². The summed E-state index contributed by atoms with van der Waals surface area (Å²) in [6.45, 7) is 1.59. The van der Waals surface area contributed by atoms with Gasteiger partial charge in [-0.25, -0.2) is 13.8 Å². The summed E-state index contributed by atoms with van der Waals surface area (Å²) in [4.78, 5) is 14.0. The average molecular weight is 206 g/mol. The van der Waals surface area contributed by atoms with Crippen molar-refractivity contribution in [2.75, 3.05) is 0 Å². The fourth-order valence-electron chi connectivity index (χ4n) is 0.907. The van der Waals surface area contributed by atoms with Gasteiger partial charge in [0, 0.05) is 0 Å². The maximum Gasteiger partial charge on any atom is 0.280 e. The molecule has 0 bridgehead atoms. The van der Waals surface area contributed by atoms with Crippen LogP contribution in [0.4, 0.5) is 8.78 Å². The van der Waals surface area contributed by atoms with E-state index >= 15 is 0 Å². The summed E-state index contributed by atoms with van der Waals surface area (Å²) in [7, 11) is 0. The van der Waals surface area contributed by atoms with Gasteiger partial charge in [0.15, 0.2) is 0 Å². The van der Waals surface area contributed by atoms with E-state index in [2.05, 4.69) is 4.98 Å². The Kier molecular flexibility index (Phi) is 2.93. The lowest BCUT2D eigenvalue weighted by molar-refractivity contribution is 0.107. The summed E-state index contributed by atoms with van der Waals surface area (Å²) >= 11 is 5.11. The van der Waals surface area contributed by atoms with Gasteiger partial charge in [-0.3, -0.25) is 4.79 Å². The van der Waals surface area contributed by atoms with Gasteiger partial charge in [-0.1, -0.05) is 0 Å². The number of aryl methyl sites for hydroxylation is 1. The number of pyridine rings is 1. The standard InChI is InChI=1S/C8H6ClF2NO/c1-4-2-5(7(9)13)12-6(3-4)8(10)11/h2-3,8H,1H3. The molecule has 1 rings (SSSR count). The number of aromatic nitrogens is 1. The smallest absolute Gasteiger partial charge is 0.274 e. The van der Waals surface area contributed by atoms with E-state index in [9.17, 15) is 13.6 Å². The minimum atomic E-state index is -2.69. The average Bonchev–Trinajstić information content (AvgIpc) is 2.03. The topological polar surface area (TPSA) is 30.0 Å². The first-order chi connectivity index (χ1) is 6.00. The van der Waals surface area contributed by atoms with Crippen LogP contribution < -0.4 is 0 Å². The number of rotatable bonds is 2. The lowest BCUT2D eigenvalue weighted by Gasteiger charge is -2.02. The van der Waals surface area contributed by atoms with Gasteiger partial charge in [-0.05, 0) is 36.2 Å². The van der Waals surface area contributed by atoms with Crippen LogP contribution in [0, 0.1) is 6.92 Å². The third-order valence-corrected chi connectivity index (χ3v) is 1.61. The Bertz CT molecular complexity index is 341. The fraction of sp³-hybridized carbons (Fsp3) is 0.250. The first-order valence-corrected chi connectivity index (χ1v) is 3.85. The van der Waals surface area contributed by atoms with E-state index in [1.165, 1.54) is 12.1 Å². The third kappa shape index (κ3) is 2.45. The Labute approximate surface area is 78.5 Å². The molecule has 0 aliphatic carbocycles. The normalized spacial score (nSPS) is 10.5. The lowest BCUT2D eigenvalue weighted by atomic mass is 10.2. The molecule has 2 nitrogen and oxygen atoms in total. The third-order valence-electron chi connectivity index (χ3n) is 1.41. The molecule has 0 saturated carbocycles. The summed E-state index contributed by atoms with van der Waals surface area (Å²) < 4.78 is 24.3. The zero-order chi connectivity index (χ0) is 10.0. The molecular weight excluding hydrogens is 200 g/mol. The first-order valence-electron chi connectivity index (χ1n) is 3.47. The minimum Gasteiger partial charge on any atom is -0.274 e. The molecule has 0 aromatic carbocycles. The van der Waals surface area contributed by atoms with E-state index in [0.717, 1.165) is 0 Å². The number of alkyl halides is 2. The molecule has 0 unspecified atom stereocenters. The van der Waals surface area contributed by atoms with Crippen molar-refractivity contribution in [3.63, 3.8) is 0 Å². The largest absolute Gasteiger partial charge is 0.280 e. The number of nitrogens with zero attached hydrogens (tertiary/aromatic N) is 1. The predicted octanol–water partition coefficient (Wildman–Crippen LogP) is 2.71. The molecule has 0 atom stereocenters. The Hall–Kier alpha value is -1.03. The second-order valence-electron chi connectivity index (χ2n) is 2.53. The number of halogens is 3. The Morgan fingerprint density at radius 2 is 2.15 bits per heavy atom. The van der Waals surface area contributed by atoms with Crippen LogP contribution in [-0.2, 0) is 0 Å². The molecule has 1 aromatic rings. The Morgan fingerprint density at radius 1 is 1.54 bits per heavy atom. The molecule has 0 fully saturated rings. The van der Waals surface area contributed by atoms with Crippen LogP contribution in [-0.4, -0.2) is 10.2 Å². The van der Waals surface area contributed by atoms with E-state index < -0.39 is 17.4 Å². The molecule has 0 amide bonds. The van der Waals surface area contributed by atoms with Crippen molar-refractivity contribution in [3.05, 3.63) is 29.1 Å². The quantitative estimate of drug-likeness (QED) is 0.695. The van der Waals surface area contributed by atoms with Crippen molar-refractivity contribution in [1.29, 1.82) is 0 Å². The molecular formula is C8H6ClF2NO. The van der Waals surface area contributed by atoms with Crippen LogP contribution in [0.5, 0.6) is 0 Å². The SMILES string of the molecule is Cc1cc(C(=O)Cl)nc(C(F)F)c1. The van der Waals surface area contributed by atoms with Gasteiger partial charge in [-0.15, -0.1) is 0 Å². The molecule has 0 aliphatic rings. The van der Waals surface area contributed by atoms with Crippen LogP contribution in [0.15, 0.2) is 12.1 Å². The van der Waals surface area contributed by atoms with Crippen molar-refractivity contribution in [1.82, 2.24) is 4.98 Å². The molecule has 0 aliphatic heterocycles. The Morgan fingerprint density at radius 3 is 2.62 bits per heavy atom. The van der Waals surface area contributed by atoms with Crippen molar-refractivity contribution < 1.29 is 13.6 Å². The van der Waals surface area contributed by atoms with Gasteiger partial charge >= 0.3 is 0 Å². The van der Waals surface area contributed by atoms with E-state index in [0.29, 0.717) is 5.56 Å². The molecule has 5 heteroatoms. The monoisotopic (exact) mass is 205 g/mol. The van der Waals surface area contributed by atoms with Crippen LogP contribution in [0.25, 0.3) is 0 Å². The zero-order valence-electron chi connectivity index (χ0n) is 6.72. The summed E-state index contributed by atoms with van der Waals surface area (Å²) in [5.74, 6) is 0.